The van der Waals surface area contributed by atoms with Crippen molar-refractivity contribution in [3.05, 3.63) is 36.0 Å². The molecular weight excluding hydrogens is 332 g/mol. The number of rotatable bonds is 6. The van der Waals surface area contributed by atoms with Gasteiger partial charge in [0.2, 0.25) is 5.91 Å². The van der Waals surface area contributed by atoms with Gasteiger partial charge in [0, 0.05) is 24.7 Å². The fourth-order valence-corrected chi connectivity index (χ4v) is 2.90. The van der Waals surface area contributed by atoms with Gasteiger partial charge >= 0.3 is 0 Å². The Balaban J connectivity index is 2.14. The third kappa shape index (κ3) is 3.41. The summed E-state index contributed by atoms with van der Waals surface area (Å²) in [6, 6.07) is 3.72. The lowest BCUT2D eigenvalue weighted by Crippen LogP contribution is -2.39. The molecule has 2 aromatic rings. The first kappa shape index (κ1) is 17.9. The first-order chi connectivity index (χ1) is 12.4. The quantitative estimate of drug-likeness (QED) is 0.728. The zero-order chi connectivity index (χ0) is 18.7. The summed E-state index contributed by atoms with van der Waals surface area (Å²) in [5.41, 5.74) is 6.31. The molecule has 0 unspecified atom stereocenters. The van der Waals surface area contributed by atoms with Gasteiger partial charge in [0.05, 0.1) is 24.8 Å². The third-order valence-corrected chi connectivity index (χ3v) is 4.63. The summed E-state index contributed by atoms with van der Waals surface area (Å²) in [6.07, 6.45) is 3.34. The molecule has 2 aromatic heterocycles. The van der Waals surface area contributed by atoms with E-state index in [1.165, 1.54) is 0 Å². The Morgan fingerprint density at radius 2 is 2.19 bits per heavy atom. The molecule has 0 aliphatic carbocycles. The summed E-state index contributed by atoms with van der Waals surface area (Å²) >= 11 is 0. The number of nitrogens with two attached hydrogens (primary N) is 1. The number of aromatic amines is 1. The van der Waals surface area contributed by atoms with Crippen LogP contribution in [0.15, 0.2) is 24.9 Å². The highest BCUT2D eigenvalue weighted by atomic mass is 16.5. The average Bonchev–Trinajstić information content (AvgIpc) is 3.14. The first-order valence-corrected chi connectivity index (χ1v) is 8.50. The molecule has 0 atom stereocenters. The minimum atomic E-state index is -0.877. The molecule has 3 rings (SSSR count). The number of aromatic nitrogens is 3. The summed E-state index contributed by atoms with van der Waals surface area (Å²) in [5.74, 6) is 1.65. The lowest BCUT2D eigenvalue weighted by atomic mass is 9.81. The molecule has 1 aliphatic rings. The minimum absolute atomic E-state index is 0.410. The van der Waals surface area contributed by atoms with E-state index in [9.17, 15) is 4.79 Å². The number of nitrogens with zero attached hydrogens (tertiary/aromatic N) is 3. The van der Waals surface area contributed by atoms with Crippen molar-refractivity contribution in [3.63, 3.8) is 0 Å². The van der Waals surface area contributed by atoms with Crippen LogP contribution < -0.4 is 16.0 Å². The molecule has 1 fully saturated rings. The predicted octanol–water partition coefficient (Wildman–Crippen LogP) is 1.79. The summed E-state index contributed by atoms with van der Waals surface area (Å²) in [5, 5.41) is 10.0. The number of hydrogen-bond donors (Lipinski definition) is 3. The second-order valence-corrected chi connectivity index (χ2v) is 6.68. The molecule has 1 saturated heterocycles. The van der Waals surface area contributed by atoms with Gasteiger partial charge in [0.1, 0.15) is 17.5 Å². The van der Waals surface area contributed by atoms with Gasteiger partial charge in [-0.15, -0.1) is 0 Å². The van der Waals surface area contributed by atoms with E-state index in [-0.39, 0.29) is 0 Å². The molecule has 3 heterocycles. The summed E-state index contributed by atoms with van der Waals surface area (Å²) in [7, 11) is 0. The fourth-order valence-electron chi connectivity index (χ4n) is 2.90. The molecule has 138 valence electrons. The lowest BCUT2D eigenvalue weighted by Gasteiger charge is -2.31. The molecule has 0 spiro atoms. The number of morpholine rings is 1. The van der Waals surface area contributed by atoms with Crippen molar-refractivity contribution in [1.82, 2.24) is 15.2 Å². The predicted molar refractivity (Wildman–Crippen MR) is 101 cm³/mol. The molecular formula is C18H24N6O2. The standard InChI is InChI=1S/C18H24N6O2/c1-4-12-13(18(2,3)17(19)25)11-15(24-7-9-26-10-8-24)22-16(12)21-14-5-6-20-23-14/h4-6,11H,1,7-10H2,2-3H3,(H2,19,25)(H2,20,21,22,23). The van der Waals surface area contributed by atoms with Crippen molar-refractivity contribution in [2.75, 3.05) is 36.5 Å². The SMILES string of the molecule is C=Cc1c(C(C)(C)C(N)=O)cc(N2CCOCC2)nc1Nc1ccn[nH]1. The number of pyridine rings is 1. The fraction of sp³-hybridized carbons (Fsp3) is 0.389. The number of ether oxygens (including phenoxy) is 1. The first-order valence-electron chi connectivity index (χ1n) is 8.50. The van der Waals surface area contributed by atoms with Gasteiger partial charge in [-0.3, -0.25) is 9.89 Å². The summed E-state index contributed by atoms with van der Waals surface area (Å²) < 4.78 is 5.43. The molecule has 8 nitrogen and oxygen atoms in total. The molecule has 1 amide bonds. The Labute approximate surface area is 152 Å². The van der Waals surface area contributed by atoms with E-state index in [1.807, 2.05) is 6.07 Å². The number of hydrogen-bond acceptors (Lipinski definition) is 6. The van der Waals surface area contributed by atoms with Gasteiger partial charge in [0.15, 0.2) is 0 Å². The maximum Gasteiger partial charge on any atom is 0.227 e. The monoisotopic (exact) mass is 356 g/mol. The summed E-state index contributed by atoms with van der Waals surface area (Å²) in [6.45, 7) is 10.3. The number of nitrogens with one attached hydrogen (secondary N) is 2. The van der Waals surface area contributed by atoms with E-state index < -0.39 is 11.3 Å². The van der Waals surface area contributed by atoms with E-state index >= 15 is 0 Å². The number of H-pyrrole nitrogens is 1. The van der Waals surface area contributed by atoms with Gasteiger partial charge in [-0.25, -0.2) is 4.98 Å². The van der Waals surface area contributed by atoms with Crippen LogP contribution in [0.5, 0.6) is 0 Å². The van der Waals surface area contributed by atoms with Gasteiger partial charge in [-0.1, -0.05) is 12.7 Å². The highest BCUT2D eigenvalue weighted by Crippen LogP contribution is 2.35. The number of amides is 1. The van der Waals surface area contributed by atoms with Crippen molar-refractivity contribution in [1.29, 1.82) is 0 Å². The summed E-state index contributed by atoms with van der Waals surface area (Å²) in [4.78, 5) is 19.0. The van der Waals surface area contributed by atoms with Crippen LogP contribution in [0.4, 0.5) is 17.5 Å². The van der Waals surface area contributed by atoms with Crippen molar-refractivity contribution in [2.24, 2.45) is 5.73 Å². The third-order valence-electron chi connectivity index (χ3n) is 4.63. The Morgan fingerprint density at radius 1 is 1.46 bits per heavy atom. The van der Waals surface area contributed by atoms with Crippen molar-refractivity contribution in [3.8, 4) is 0 Å². The van der Waals surface area contributed by atoms with Crippen LogP contribution in [0, 0.1) is 0 Å². The van der Waals surface area contributed by atoms with Crippen LogP contribution in [-0.2, 0) is 14.9 Å². The number of anilines is 3. The molecule has 0 radical (unpaired) electrons. The largest absolute Gasteiger partial charge is 0.378 e. The van der Waals surface area contributed by atoms with Crippen LogP contribution in [0.2, 0.25) is 0 Å². The smallest absolute Gasteiger partial charge is 0.227 e. The molecule has 4 N–H and O–H groups in total. The number of carbonyl (C=O) groups excluding carboxylic acids is 1. The maximum absolute atomic E-state index is 12.1. The Morgan fingerprint density at radius 3 is 2.77 bits per heavy atom. The lowest BCUT2D eigenvalue weighted by molar-refractivity contribution is -0.122. The van der Waals surface area contributed by atoms with Crippen LogP contribution in [0.3, 0.4) is 0 Å². The van der Waals surface area contributed by atoms with E-state index in [0.29, 0.717) is 24.8 Å². The minimum Gasteiger partial charge on any atom is -0.378 e. The van der Waals surface area contributed by atoms with Crippen molar-refractivity contribution >= 4 is 29.4 Å². The van der Waals surface area contributed by atoms with Gasteiger partial charge in [-0.05, 0) is 25.5 Å². The van der Waals surface area contributed by atoms with Gasteiger partial charge in [-0.2, -0.15) is 5.10 Å². The molecule has 26 heavy (non-hydrogen) atoms. The number of primary amides is 1. The normalized spacial score (nSPS) is 14.9. The second-order valence-electron chi connectivity index (χ2n) is 6.68. The highest BCUT2D eigenvalue weighted by Gasteiger charge is 2.32. The van der Waals surface area contributed by atoms with Gasteiger partial charge in [0.25, 0.3) is 0 Å². The number of carbonyl (C=O) groups is 1. The average molecular weight is 356 g/mol. The zero-order valence-electron chi connectivity index (χ0n) is 15.1. The van der Waals surface area contributed by atoms with E-state index in [0.717, 1.165) is 30.0 Å². The van der Waals surface area contributed by atoms with Crippen LogP contribution >= 0.6 is 0 Å². The molecule has 0 bridgehead atoms. The van der Waals surface area contributed by atoms with Crippen molar-refractivity contribution < 1.29 is 9.53 Å². The van der Waals surface area contributed by atoms with Crippen molar-refractivity contribution in [2.45, 2.75) is 19.3 Å². The Hall–Kier alpha value is -2.87. The van der Waals surface area contributed by atoms with Crippen LogP contribution in [-0.4, -0.2) is 47.4 Å². The van der Waals surface area contributed by atoms with E-state index in [4.69, 9.17) is 15.5 Å². The molecule has 0 saturated carbocycles. The van der Waals surface area contributed by atoms with Crippen LogP contribution in [0.1, 0.15) is 25.0 Å². The van der Waals surface area contributed by atoms with E-state index in [1.54, 1.807) is 32.2 Å². The molecule has 8 heteroatoms. The Kier molecular flexibility index (Phi) is 4.94. The second kappa shape index (κ2) is 7.17. The molecule has 1 aliphatic heterocycles. The molecule has 0 aromatic carbocycles. The van der Waals surface area contributed by atoms with Crippen LogP contribution in [0.25, 0.3) is 6.08 Å². The highest BCUT2D eigenvalue weighted by molar-refractivity contribution is 5.89. The Bertz CT molecular complexity index is 794. The zero-order valence-corrected chi connectivity index (χ0v) is 15.1. The van der Waals surface area contributed by atoms with Gasteiger partial charge < -0.3 is 20.7 Å². The topological polar surface area (TPSA) is 109 Å². The maximum atomic E-state index is 12.1. The van der Waals surface area contributed by atoms with E-state index in [2.05, 4.69) is 27.0 Å².